The first kappa shape index (κ1) is 11.3. The van der Waals surface area contributed by atoms with Crippen LogP contribution in [0.5, 0.6) is 0 Å². The maximum atomic E-state index is 13.7. The largest absolute Gasteiger partial charge is 0.274 e. The highest BCUT2D eigenvalue weighted by molar-refractivity contribution is 9.08. The molecule has 1 aromatic carbocycles. The molecule has 2 amide bonds. The Hall–Kier alpha value is -1.23. The smallest absolute Gasteiger partial charge is 0.234 e. The number of imide groups is 1. The molecule has 0 spiro atoms. The van der Waals surface area contributed by atoms with Crippen molar-refractivity contribution in [1.82, 2.24) is 0 Å². The predicted molar refractivity (Wildman–Crippen MR) is 60.8 cm³/mol. The predicted octanol–water partition coefficient (Wildman–Crippen LogP) is 2.37. The Labute approximate surface area is 100 Å². The standard InChI is InChI=1S/C11H9BrFNO2/c12-6-7-1-2-9(8(13)5-7)14-10(15)3-4-11(14)16/h1-2,5H,3-4,6H2. The highest BCUT2D eigenvalue weighted by Gasteiger charge is 2.31. The lowest BCUT2D eigenvalue weighted by atomic mass is 10.2. The van der Waals surface area contributed by atoms with Crippen molar-refractivity contribution in [3.05, 3.63) is 29.6 Å². The number of hydrogen-bond donors (Lipinski definition) is 0. The number of hydrogen-bond acceptors (Lipinski definition) is 2. The molecular formula is C11H9BrFNO2. The molecule has 0 aromatic heterocycles. The number of carbonyl (C=O) groups excluding carboxylic acids is 2. The number of alkyl halides is 1. The molecule has 1 aromatic rings. The van der Waals surface area contributed by atoms with Crippen molar-refractivity contribution in [2.24, 2.45) is 0 Å². The van der Waals surface area contributed by atoms with Gasteiger partial charge in [-0.3, -0.25) is 9.59 Å². The van der Waals surface area contributed by atoms with Gasteiger partial charge in [0, 0.05) is 18.2 Å². The van der Waals surface area contributed by atoms with E-state index in [4.69, 9.17) is 0 Å². The third kappa shape index (κ3) is 1.87. The molecule has 3 nitrogen and oxygen atoms in total. The molecule has 16 heavy (non-hydrogen) atoms. The average molecular weight is 286 g/mol. The molecule has 2 rings (SSSR count). The molecule has 5 heteroatoms. The maximum absolute atomic E-state index is 13.7. The van der Waals surface area contributed by atoms with E-state index in [1.54, 1.807) is 6.07 Å². The third-order valence-corrected chi connectivity index (χ3v) is 3.11. The molecule has 0 aliphatic carbocycles. The molecule has 0 unspecified atom stereocenters. The van der Waals surface area contributed by atoms with E-state index in [9.17, 15) is 14.0 Å². The number of halogens is 2. The van der Waals surface area contributed by atoms with Gasteiger partial charge in [-0.15, -0.1) is 0 Å². The first-order valence-electron chi connectivity index (χ1n) is 4.83. The molecule has 0 saturated carbocycles. The number of nitrogens with zero attached hydrogens (tertiary/aromatic N) is 1. The summed E-state index contributed by atoms with van der Waals surface area (Å²) in [4.78, 5) is 23.8. The Morgan fingerprint density at radius 2 is 1.88 bits per heavy atom. The molecule has 0 bridgehead atoms. The van der Waals surface area contributed by atoms with Gasteiger partial charge in [-0.05, 0) is 17.7 Å². The summed E-state index contributed by atoms with van der Waals surface area (Å²) in [6.07, 6.45) is 0.330. The van der Waals surface area contributed by atoms with E-state index in [1.807, 2.05) is 0 Å². The quantitative estimate of drug-likeness (QED) is 0.618. The van der Waals surface area contributed by atoms with Gasteiger partial charge in [-0.2, -0.15) is 0 Å². The summed E-state index contributed by atoms with van der Waals surface area (Å²) < 4.78 is 13.7. The molecule has 84 valence electrons. The minimum absolute atomic E-state index is 0.0530. The van der Waals surface area contributed by atoms with E-state index in [-0.39, 0.29) is 30.3 Å². The Kier molecular flexibility index (Phi) is 3.05. The van der Waals surface area contributed by atoms with Gasteiger partial charge < -0.3 is 0 Å². The molecule has 0 radical (unpaired) electrons. The highest BCUT2D eigenvalue weighted by atomic mass is 79.9. The van der Waals surface area contributed by atoms with Crippen LogP contribution in [0.15, 0.2) is 18.2 Å². The van der Waals surface area contributed by atoms with Gasteiger partial charge in [-0.1, -0.05) is 22.0 Å². The normalized spacial score (nSPS) is 16.0. The van der Waals surface area contributed by atoms with E-state index >= 15 is 0 Å². The van der Waals surface area contributed by atoms with Crippen LogP contribution < -0.4 is 4.90 Å². The Bertz CT molecular complexity index is 445. The van der Waals surface area contributed by atoms with Crippen LogP contribution in [-0.2, 0) is 14.9 Å². The minimum Gasteiger partial charge on any atom is -0.274 e. The summed E-state index contributed by atoms with van der Waals surface area (Å²) in [5, 5.41) is 0.534. The molecular weight excluding hydrogens is 277 g/mol. The van der Waals surface area contributed by atoms with Crippen molar-refractivity contribution in [3.63, 3.8) is 0 Å². The topological polar surface area (TPSA) is 37.4 Å². The van der Waals surface area contributed by atoms with Crippen molar-refractivity contribution in [2.75, 3.05) is 4.90 Å². The van der Waals surface area contributed by atoms with Gasteiger partial charge in [-0.25, -0.2) is 9.29 Å². The summed E-state index contributed by atoms with van der Waals surface area (Å²) in [5.74, 6) is -1.22. The van der Waals surface area contributed by atoms with Gasteiger partial charge in [0.25, 0.3) is 0 Å². The van der Waals surface area contributed by atoms with E-state index in [1.165, 1.54) is 12.1 Å². The van der Waals surface area contributed by atoms with Crippen molar-refractivity contribution in [1.29, 1.82) is 0 Å². The molecule has 1 heterocycles. The zero-order valence-electron chi connectivity index (χ0n) is 8.37. The number of rotatable bonds is 2. The maximum Gasteiger partial charge on any atom is 0.234 e. The van der Waals surface area contributed by atoms with Crippen LogP contribution in [0.2, 0.25) is 0 Å². The van der Waals surface area contributed by atoms with Crippen molar-refractivity contribution in [2.45, 2.75) is 18.2 Å². The van der Waals surface area contributed by atoms with Crippen LogP contribution in [0.25, 0.3) is 0 Å². The minimum atomic E-state index is -0.541. The monoisotopic (exact) mass is 285 g/mol. The summed E-state index contributed by atoms with van der Waals surface area (Å²) >= 11 is 3.21. The first-order valence-corrected chi connectivity index (χ1v) is 5.96. The number of amides is 2. The summed E-state index contributed by atoms with van der Waals surface area (Å²) in [6.45, 7) is 0. The lowest BCUT2D eigenvalue weighted by Gasteiger charge is -2.14. The second-order valence-corrected chi connectivity index (χ2v) is 4.10. The van der Waals surface area contributed by atoms with Crippen LogP contribution in [0.3, 0.4) is 0 Å². The van der Waals surface area contributed by atoms with E-state index in [0.717, 1.165) is 10.5 Å². The van der Waals surface area contributed by atoms with Crippen LogP contribution in [-0.4, -0.2) is 11.8 Å². The summed E-state index contributed by atoms with van der Waals surface area (Å²) in [5.41, 5.74) is 0.817. The first-order chi connectivity index (χ1) is 7.63. The number of benzene rings is 1. The van der Waals surface area contributed by atoms with Gasteiger partial charge in [0.05, 0.1) is 5.69 Å². The van der Waals surface area contributed by atoms with Crippen LogP contribution in [0, 0.1) is 5.82 Å². The molecule has 1 aliphatic heterocycles. The zero-order chi connectivity index (χ0) is 11.7. The van der Waals surface area contributed by atoms with E-state index in [0.29, 0.717) is 5.33 Å². The fourth-order valence-corrected chi connectivity index (χ4v) is 2.01. The lowest BCUT2D eigenvalue weighted by Crippen LogP contribution is -2.29. The van der Waals surface area contributed by atoms with Gasteiger partial charge in [0.15, 0.2) is 0 Å². The number of carbonyl (C=O) groups is 2. The van der Waals surface area contributed by atoms with Gasteiger partial charge in [0.1, 0.15) is 5.82 Å². The Morgan fingerprint density at radius 1 is 1.25 bits per heavy atom. The van der Waals surface area contributed by atoms with Crippen LogP contribution in [0.1, 0.15) is 18.4 Å². The number of anilines is 1. The third-order valence-electron chi connectivity index (χ3n) is 2.46. The fraction of sp³-hybridized carbons (Fsp3) is 0.273. The van der Waals surface area contributed by atoms with Crippen LogP contribution >= 0.6 is 15.9 Å². The fourth-order valence-electron chi connectivity index (χ4n) is 1.66. The Balaban J connectivity index is 2.40. The molecule has 1 fully saturated rings. The Morgan fingerprint density at radius 3 is 2.38 bits per heavy atom. The van der Waals surface area contributed by atoms with E-state index in [2.05, 4.69) is 15.9 Å². The molecule has 0 N–H and O–H groups in total. The lowest BCUT2D eigenvalue weighted by molar-refractivity contribution is -0.121. The average Bonchev–Trinajstić information content (AvgIpc) is 2.59. The second kappa shape index (κ2) is 4.33. The van der Waals surface area contributed by atoms with Crippen LogP contribution in [0.4, 0.5) is 10.1 Å². The summed E-state index contributed by atoms with van der Waals surface area (Å²) in [7, 11) is 0. The van der Waals surface area contributed by atoms with Crippen molar-refractivity contribution >= 4 is 33.4 Å². The summed E-state index contributed by atoms with van der Waals surface area (Å²) in [6, 6.07) is 4.47. The van der Waals surface area contributed by atoms with Gasteiger partial charge >= 0.3 is 0 Å². The molecule has 1 saturated heterocycles. The van der Waals surface area contributed by atoms with Crippen molar-refractivity contribution in [3.8, 4) is 0 Å². The van der Waals surface area contributed by atoms with Gasteiger partial charge in [0.2, 0.25) is 11.8 Å². The van der Waals surface area contributed by atoms with Crippen molar-refractivity contribution < 1.29 is 14.0 Å². The zero-order valence-corrected chi connectivity index (χ0v) is 9.96. The second-order valence-electron chi connectivity index (χ2n) is 3.54. The molecule has 0 atom stereocenters. The SMILES string of the molecule is O=C1CCC(=O)N1c1ccc(CBr)cc1F. The molecule has 1 aliphatic rings. The highest BCUT2D eigenvalue weighted by Crippen LogP contribution is 2.26. The van der Waals surface area contributed by atoms with E-state index < -0.39 is 5.82 Å².